The van der Waals surface area contributed by atoms with Gasteiger partial charge in [0.25, 0.3) is 0 Å². The van der Waals surface area contributed by atoms with Crippen molar-refractivity contribution in [3.05, 3.63) is 12.2 Å². The number of allylic oxidation sites excluding steroid dienone is 1. The molecule has 33 heavy (non-hydrogen) atoms. The second-order valence-electron chi connectivity index (χ2n) is 9.68. The van der Waals surface area contributed by atoms with Crippen LogP contribution in [0.4, 0.5) is 0 Å². The summed E-state index contributed by atoms with van der Waals surface area (Å²) in [5, 5.41) is 9.18. The van der Waals surface area contributed by atoms with Gasteiger partial charge in [0.05, 0.1) is 5.92 Å². The van der Waals surface area contributed by atoms with Crippen molar-refractivity contribution in [2.24, 2.45) is 5.92 Å². The molecule has 4 nitrogen and oxygen atoms in total. The van der Waals surface area contributed by atoms with E-state index in [1.807, 2.05) is 11.0 Å². The van der Waals surface area contributed by atoms with Crippen molar-refractivity contribution in [3.8, 4) is 0 Å². The zero-order valence-corrected chi connectivity index (χ0v) is 22.3. The lowest BCUT2D eigenvalue weighted by molar-refractivity contribution is -0.138. The smallest absolute Gasteiger partial charge is 0.303 e. The summed E-state index contributed by atoms with van der Waals surface area (Å²) in [6, 6.07) is 0. The molecule has 0 bridgehead atoms. The fraction of sp³-hybridized carbons (Fsp3) is 0.862. The normalized spacial score (nSPS) is 12.3. The predicted octanol–water partition coefficient (Wildman–Crippen LogP) is 8.54. The topological polar surface area (TPSA) is 57.6 Å². The highest BCUT2D eigenvalue weighted by molar-refractivity contribution is 5.81. The van der Waals surface area contributed by atoms with Crippen LogP contribution in [-0.4, -0.2) is 35.0 Å². The van der Waals surface area contributed by atoms with E-state index < -0.39 is 5.97 Å². The molecule has 0 rings (SSSR count). The van der Waals surface area contributed by atoms with Gasteiger partial charge in [-0.15, -0.1) is 0 Å². The lowest BCUT2D eigenvalue weighted by Crippen LogP contribution is -2.37. The van der Waals surface area contributed by atoms with Gasteiger partial charge in [0.1, 0.15) is 0 Å². The number of carboxylic acids is 1. The maximum atomic E-state index is 13.4. The van der Waals surface area contributed by atoms with Crippen LogP contribution in [-0.2, 0) is 9.59 Å². The van der Waals surface area contributed by atoms with Crippen molar-refractivity contribution in [1.82, 2.24) is 4.90 Å². The van der Waals surface area contributed by atoms with Crippen LogP contribution in [0.2, 0.25) is 0 Å². The summed E-state index contributed by atoms with van der Waals surface area (Å²) in [5.74, 6) is -0.981. The average molecular weight is 466 g/mol. The fourth-order valence-electron chi connectivity index (χ4n) is 4.26. The van der Waals surface area contributed by atoms with E-state index in [-0.39, 0.29) is 18.2 Å². The Morgan fingerprint density at radius 1 is 0.697 bits per heavy atom. The third-order valence-electron chi connectivity index (χ3n) is 6.45. The average Bonchev–Trinajstić information content (AvgIpc) is 2.80. The van der Waals surface area contributed by atoms with Crippen molar-refractivity contribution in [1.29, 1.82) is 0 Å². The van der Waals surface area contributed by atoms with Gasteiger partial charge < -0.3 is 10.0 Å². The zero-order valence-electron chi connectivity index (χ0n) is 22.3. The Bertz CT molecular complexity index is 477. The SMILES string of the molecule is CCCCCCCCCC/C=C\C(CCC(=O)O)C(=O)N(CCCCCC)CCCCCC. The Kier molecular flexibility index (Phi) is 22.9. The first-order chi connectivity index (χ1) is 16.1. The van der Waals surface area contributed by atoms with Crippen molar-refractivity contribution in [2.75, 3.05) is 13.1 Å². The number of nitrogens with zero attached hydrogens (tertiary/aromatic N) is 1. The zero-order chi connectivity index (χ0) is 24.6. The Morgan fingerprint density at radius 3 is 1.64 bits per heavy atom. The Morgan fingerprint density at radius 2 is 1.15 bits per heavy atom. The van der Waals surface area contributed by atoms with E-state index in [2.05, 4.69) is 26.8 Å². The van der Waals surface area contributed by atoms with Gasteiger partial charge in [0, 0.05) is 19.5 Å². The molecule has 1 unspecified atom stereocenters. The van der Waals surface area contributed by atoms with Gasteiger partial charge in [0.15, 0.2) is 0 Å². The van der Waals surface area contributed by atoms with E-state index in [4.69, 9.17) is 0 Å². The number of carbonyl (C=O) groups excluding carboxylic acids is 1. The van der Waals surface area contributed by atoms with Crippen LogP contribution in [0, 0.1) is 5.92 Å². The van der Waals surface area contributed by atoms with E-state index in [1.165, 1.54) is 70.6 Å². The van der Waals surface area contributed by atoms with Crippen LogP contribution in [0.15, 0.2) is 12.2 Å². The van der Waals surface area contributed by atoms with Gasteiger partial charge >= 0.3 is 5.97 Å². The lowest BCUT2D eigenvalue weighted by Gasteiger charge is -2.26. The second kappa shape index (κ2) is 23.8. The summed E-state index contributed by atoms with van der Waals surface area (Å²) < 4.78 is 0. The van der Waals surface area contributed by atoms with Gasteiger partial charge in [-0.2, -0.15) is 0 Å². The van der Waals surface area contributed by atoms with E-state index in [9.17, 15) is 14.7 Å². The molecular formula is C29H55NO3. The van der Waals surface area contributed by atoms with Crippen molar-refractivity contribution in [2.45, 2.75) is 143 Å². The van der Waals surface area contributed by atoms with Gasteiger partial charge in [-0.25, -0.2) is 0 Å². The molecule has 0 aliphatic rings. The summed E-state index contributed by atoms with van der Waals surface area (Å²) in [6.07, 6.45) is 25.1. The molecule has 0 fully saturated rings. The molecule has 0 radical (unpaired) electrons. The largest absolute Gasteiger partial charge is 0.481 e. The molecule has 0 spiro atoms. The second-order valence-corrected chi connectivity index (χ2v) is 9.68. The number of rotatable bonds is 24. The van der Waals surface area contributed by atoms with Crippen LogP contribution in [0.1, 0.15) is 143 Å². The summed E-state index contributed by atoms with van der Waals surface area (Å²) in [7, 11) is 0. The number of carboxylic acid groups (broad SMARTS) is 1. The van der Waals surface area contributed by atoms with E-state index in [1.54, 1.807) is 0 Å². The van der Waals surface area contributed by atoms with Crippen molar-refractivity contribution in [3.63, 3.8) is 0 Å². The van der Waals surface area contributed by atoms with E-state index in [0.29, 0.717) is 6.42 Å². The molecule has 4 heteroatoms. The maximum Gasteiger partial charge on any atom is 0.303 e. The number of aliphatic carboxylic acids is 1. The van der Waals surface area contributed by atoms with Gasteiger partial charge in [-0.3, -0.25) is 9.59 Å². The maximum absolute atomic E-state index is 13.4. The highest BCUT2D eigenvalue weighted by Crippen LogP contribution is 2.17. The molecule has 1 atom stereocenters. The molecule has 0 aromatic heterocycles. The molecule has 0 aliphatic carbocycles. The summed E-state index contributed by atoms with van der Waals surface area (Å²) in [6.45, 7) is 8.26. The molecule has 0 aromatic carbocycles. The monoisotopic (exact) mass is 465 g/mol. The first-order valence-corrected chi connectivity index (χ1v) is 14.2. The first-order valence-electron chi connectivity index (χ1n) is 14.2. The lowest BCUT2D eigenvalue weighted by atomic mass is 9.99. The first kappa shape index (κ1) is 31.7. The summed E-state index contributed by atoms with van der Waals surface area (Å²) in [4.78, 5) is 26.6. The van der Waals surface area contributed by atoms with Crippen LogP contribution >= 0.6 is 0 Å². The molecule has 0 heterocycles. The summed E-state index contributed by atoms with van der Waals surface area (Å²) >= 11 is 0. The number of unbranched alkanes of at least 4 members (excludes halogenated alkanes) is 14. The highest BCUT2D eigenvalue weighted by atomic mass is 16.4. The van der Waals surface area contributed by atoms with E-state index in [0.717, 1.165) is 51.6 Å². The Labute approximate surface area is 205 Å². The Hall–Kier alpha value is -1.32. The van der Waals surface area contributed by atoms with Crippen LogP contribution in [0.5, 0.6) is 0 Å². The fourth-order valence-corrected chi connectivity index (χ4v) is 4.26. The molecular weight excluding hydrogens is 410 g/mol. The molecule has 0 saturated carbocycles. The van der Waals surface area contributed by atoms with Crippen molar-refractivity contribution >= 4 is 11.9 Å². The molecule has 1 amide bonds. The number of amides is 1. The third kappa shape index (κ3) is 19.8. The highest BCUT2D eigenvalue weighted by Gasteiger charge is 2.22. The Balaban J connectivity index is 4.70. The van der Waals surface area contributed by atoms with Gasteiger partial charge in [0.2, 0.25) is 5.91 Å². The molecule has 194 valence electrons. The van der Waals surface area contributed by atoms with Crippen molar-refractivity contribution < 1.29 is 14.7 Å². The summed E-state index contributed by atoms with van der Waals surface area (Å²) in [5.41, 5.74) is 0. The standard InChI is InChI=1S/C29H55NO3/c1-4-7-10-13-14-15-16-17-18-19-22-27(23-24-28(31)32)29(33)30(25-20-11-8-5-2)26-21-12-9-6-3/h19,22,27H,4-18,20-21,23-26H2,1-3H3,(H,31,32)/b22-19-. The molecule has 0 aromatic rings. The van der Waals surface area contributed by atoms with Crippen LogP contribution in [0.3, 0.4) is 0 Å². The minimum Gasteiger partial charge on any atom is -0.481 e. The molecule has 1 N–H and O–H groups in total. The van der Waals surface area contributed by atoms with Crippen LogP contribution in [0.25, 0.3) is 0 Å². The van der Waals surface area contributed by atoms with E-state index >= 15 is 0 Å². The number of hydrogen-bond acceptors (Lipinski definition) is 2. The van der Waals surface area contributed by atoms with Gasteiger partial charge in [-0.1, -0.05) is 116 Å². The number of carbonyl (C=O) groups is 2. The minimum atomic E-state index is -0.818. The van der Waals surface area contributed by atoms with Gasteiger partial charge in [-0.05, 0) is 32.1 Å². The predicted molar refractivity (Wildman–Crippen MR) is 142 cm³/mol. The van der Waals surface area contributed by atoms with Crippen LogP contribution < -0.4 is 0 Å². The third-order valence-corrected chi connectivity index (χ3v) is 6.45. The quantitative estimate of drug-likeness (QED) is 0.115. The minimum absolute atomic E-state index is 0.0536. The molecule has 0 aliphatic heterocycles. The number of hydrogen-bond donors (Lipinski definition) is 1. The molecule has 0 saturated heterocycles.